The maximum Gasteiger partial charge on any atom is 0.281 e. The SMILES string of the molecule is COC/C(=C/[Si](OC(C)(C)C)(c1ccccc1)c1ccccc1)C/C=C/CCCO. The van der Waals surface area contributed by atoms with Crippen LogP contribution in [0.5, 0.6) is 0 Å². The molecule has 0 heterocycles. The maximum absolute atomic E-state index is 9.00. The molecular formula is C26H36O3Si. The number of hydrogen-bond donors (Lipinski definition) is 1. The highest BCUT2D eigenvalue weighted by molar-refractivity contribution is 7.01. The van der Waals surface area contributed by atoms with Crippen LogP contribution in [0.1, 0.15) is 40.0 Å². The average molecular weight is 425 g/mol. The van der Waals surface area contributed by atoms with E-state index in [-0.39, 0.29) is 12.2 Å². The van der Waals surface area contributed by atoms with Gasteiger partial charge in [0.2, 0.25) is 0 Å². The molecule has 0 saturated heterocycles. The van der Waals surface area contributed by atoms with E-state index in [1.54, 1.807) is 7.11 Å². The van der Waals surface area contributed by atoms with Crippen LogP contribution in [0.3, 0.4) is 0 Å². The van der Waals surface area contributed by atoms with Crippen molar-refractivity contribution < 1.29 is 14.3 Å². The summed E-state index contributed by atoms with van der Waals surface area (Å²) in [6.07, 6.45) is 6.79. The number of aliphatic hydroxyl groups excluding tert-OH is 1. The molecule has 4 heteroatoms. The summed E-state index contributed by atoms with van der Waals surface area (Å²) in [5.74, 6) is 0. The van der Waals surface area contributed by atoms with Gasteiger partial charge in [-0.1, -0.05) is 78.5 Å². The minimum Gasteiger partial charge on any atom is -0.400 e. The van der Waals surface area contributed by atoms with E-state index in [0.29, 0.717) is 6.61 Å². The van der Waals surface area contributed by atoms with Gasteiger partial charge in [-0.05, 0) is 56.0 Å². The molecule has 0 aliphatic rings. The van der Waals surface area contributed by atoms with Crippen LogP contribution in [0.4, 0.5) is 0 Å². The number of methoxy groups -OCH3 is 1. The summed E-state index contributed by atoms with van der Waals surface area (Å²) >= 11 is 0. The van der Waals surface area contributed by atoms with E-state index in [1.165, 1.54) is 15.9 Å². The number of rotatable bonds is 11. The number of aliphatic hydroxyl groups is 1. The van der Waals surface area contributed by atoms with Gasteiger partial charge in [0.1, 0.15) is 0 Å². The number of unbranched alkanes of at least 4 members (excludes halogenated alkanes) is 1. The van der Waals surface area contributed by atoms with E-state index < -0.39 is 8.32 Å². The number of hydrogen-bond acceptors (Lipinski definition) is 3. The molecule has 30 heavy (non-hydrogen) atoms. The first-order valence-corrected chi connectivity index (χ1v) is 12.7. The Kier molecular flexibility index (Phi) is 9.73. The van der Waals surface area contributed by atoms with Crippen molar-refractivity contribution in [3.63, 3.8) is 0 Å². The van der Waals surface area contributed by atoms with Crippen LogP contribution >= 0.6 is 0 Å². The first kappa shape index (κ1) is 24.3. The lowest BCUT2D eigenvalue weighted by atomic mass is 10.2. The first-order valence-electron chi connectivity index (χ1n) is 10.7. The van der Waals surface area contributed by atoms with Crippen molar-refractivity contribution in [3.8, 4) is 0 Å². The highest BCUT2D eigenvalue weighted by atomic mass is 28.4. The molecule has 162 valence electrons. The van der Waals surface area contributed by atoms with Gasteiger partial charge in [-0.25, -0.2) is 0 Å². The van der Waals surface area contributed by atoms with Crippen molar-refractivity contribution >= 4 is 18.7 Å². The standard InChI is InChI=1S/C26H36O3Si/c1-26(2,3)29-30(24-16-10-7-11-17-24,25-18-12-8-13-19-25)22-23(21-28-4)15-9-5-6-14-20-27/h5,7-13,16-19,22,27H,6,14-15,20-21H2,1-4H3/b9-5+,23-22+. The molecule has 3 nitrogen and oxygen atoms in total. The lowest BCUT2D eigenvalue weighted by molar-refractivity contribution is 0.129. The fourth-order valence-electron chi connectivity index (χ4n) is 3.53. The van der Waals surface area contributed by atoms with Crippen LogP contribution in [0.25, 0.3) is 0 Å². The van der Waals surface area contributed by atoms with Crippen molar-refractivity contribution in [2.75, 3.05) is 20.3 Å². The monoisotopic (exact) mass is 424 g/mol. The second kappa shape index (κ2) is 12.0. The Labute approximate surface area is 183 Å². The molecule has 0 unspecified atom stereocenters. The van der Waals surface area contributed by atoms with Crippen LogP contribution in [-0.4, -0.2) is 39.3 Å². The second-order valence-electron chi connectivity index (χ2n) is 8.46. The molecule has 0 aliphatic heterocycles. The Balaban J connectivity index is 2.59. The van der Waals surface area contributed by atoms with Gasteiger partial charge < -0.3 is 14.3 Å². The molecule has 0 aliphatic carbocycles. The van der Waals surface area contributed by atoms with Crippen LogP contribution < -0.4 is 10.4 Å². The summed E-state index contributed by atoms with van der Waals surface area (Å²) in [5, 5.41) is 11.4. The third-order valence-corrected chi connectivity index (χ3v) is 8.82. The second-order valence-corrected chi connectivity index (χ2v) is 11.6. The first-order chi connectivity index (χ1) is 14.4. The van der Waals surface area contributed by atoms with Gasteiger partial charge in [0.15, 0.2) is 0 Å². The van der Waals surface area contributed by atoms with E-state index in [9.17, 15) is 0 Å². The molecule has 0 spiro atoms. The van der Waals surface area contributed by atoms with Crippen molar-refractivity contribution in [2.24, 2.45) is 0 Å². The summed E-state index contributed by atoms with van der Waals surface area (Å²) in [4.78, 5) is 0. The summed E-state index contributed by atoms with van der Waals surface area (Å²) < 4.78 is 12.5. The van der Waals surface area contributed by atoms with E-state index >= 15 is 0 Å². The van der Waals surface area contributed by atoms with E-state index in [4.69, 9.17) is 14.3 Å². The third kappa shape index (κ3) is 7.37. The van der Waals surface area contributed by atoms with Crippen LogP contribution in [0, 0.1) is 0 Å². The van der Waals surface area contributed by atoms with Gasteiger partial charge in [0.05, 0.1) is 6.61 Å². The summed E-state index contributed by atoms with van der Waals surface area (Å²) in [7, 11) is -0.936. The molecule has 2 aromatic carbocycles. The van der Waals surface area contributed by atoms with Crippen molar-refractivity contribution in [3.05, 3.63) is 84.1 Å². The molecule has 1 N–H and O–H groups in total. The molecule has 0 fully saturated rings. The van der Waals surface area contributed by atoms with Gasteiger partial charge >= 0.3 is 0 Å². The normalized spacial score (nSPS) is 13.2. The highest BCUT2D eigenvalue weighted by Gasteiger charge is 2.41. The van der Waals surface area contributed by atoms with Crippen molar-refractivity contribution in [2.45, 2.75) is 45.6 Å². The number of benzene rings is 2. The lowest BCUT2D eigenvalue weighted by Gasteiger charge is -2.37. The van der Waals surface area contributed by atoms with E-state index in [2.05, 4.69) is 99.3 Å². The zero-order chi connectivity index (χ0) is 21.9. The fourth-order valence-corrected chi connectivity index (χ4v) is 7.61. The van der Waals surface area contributed by atoms with Crippen molar-refractivity contribution in [1.82, 2.24) is 0 Å². The smallest absolute Gasteiger partial charge is 0.281 e. The van der Waals surface area contributed by atoms with Gasteiger partial charge in [-0.3, -0.25) is 0 Å². The third-order valence-electron chi connectivity index (χ3n) is 4.69. The summed E-state index contributed by atoms with van der Waals surface area (Å²) in [6, 6.07) is 21.2. The van der Waals surface area contributed by atoms with Crippen LogP contribution in [0.2, 0.25) is 0 Å². The molecule has 0 aromatic heterocycles. The van der Waals surface area contributed by atoms with Gasteiger partial charge in [-0.2, -0.15) is 0 Å². The number of allylic oxidation sites excluding steroid dienone is 2. The lowest BCUT2D eigenvalue weighted by Crippen LogP contribution is -2.62. The van der Waals surface area contributed by atoms with Gasteiger partial charge in [0, 0.05) is 19.3 Å². The predicted molar refractivity (Wildman–Crippen MR) is 129 cm³/mol. The summed E-state index contributed by atoms with van der Waals surface area (Å²) in [5.41, 5.74) is 3.27. The zero-order valence-corrected chi connectivity index (χ0v) is 19.8. The van der Waals surface area contributed by atoms with E-state index in [1.807, 2.05) is 0 Å². The predicted octanol–water partition coefficient (Wildman–Crippen LogP) is 4.39. The molecule has 0 bridgehead atoms. The molecule has 0 atom stereocenters. The molecule has 0 amide bonds. The topological polar surface area (TPSA) is 38.7 Å². The van der Waals surface area contributed by atoms with Crippen molar-refractivity contribution in [1.29, 1.82) is 0 Å². The number of ether oxygens (including phenoxy) is 1. The Morgan fingerprint density at radius 3 is 1.97 bits per heavy atom. The van der Waals surface area contributed by atoms with Gasteiger partial charge in [-0.15, -0.1) is 0 Å². The van der Waals surface area contributed by atoms with Crippen LogP contribution in [0.15, 0.2) is 84.1 Å². The largest absolute Gasteiger partial charge is 0.400 e. The Hall–Kier alpha value is -1.98. The maximum atomic E-state index is 9.00. The molecule has 2 aromatic rings. The minimum absolute atomic E-state index is 0.225. The average Bonchev–Trinajstić information content (AvgIpc) is 2.73. The van der Waals surface area contributed by atoms with E-state index in [0.717, 1.165) is 19.3 Å². The Morgan fingerprint density at radius 1 is 0.933 bits per heavy atom. The minimum atomic E-state index is -2.67. The molecule has 2 rings (SSSR count). The Bertz CT molecular complexity index is 753. The fraction of sp³-hybridized carbons (Fsp3) is 0.385. The van der Waals surface area contributed by atoms with Crippen LogP contribution in [-0.2, 0) is 9.16 Å². The molecular weight excluding hydrogens is 388 g/mol. The summed E-state index contributed by atoms with van der Waals surface area (Å²) in [6.45, 7) is 7.16. The van der Waals surface area contributed by atoms with Gasteiger partial charge in [0.25, 0.3) is 8.32 Å². The highest BCUT2D eigenvalue weighted by Crippen LogP contribution is 2.22. The Morgan fingerprint density at radius 2 is 1.50 bits per heavy atom. The zero-order valence-electron chi connectivity index (χ0n) is 18.8. The quantitative estimate of drug-likeness (QED) is 0.330. The molecule has 0 saturated carbocycles. The molecule has 0 radical (unpaired) electrons.